The van der Waals surface area contributed by atoms with Crippen molar-refractivity contribution in [2.45, 2.75) is 5.92 Å². The highest BCUT2D eigenvalue weighted by Gasteiger charge is 2.52. The minimum Gasteiger partial charge on any atom is -0.493 e. The van der Waals surface area contributed by atoms with Gasteiger partial charge in [-0.3, -0.25) is 9.78 Å². The number of aliphatic hydroxyl groups excluding tert-OH is 1. The number of carbonyl (C=O) groups is 1. The number of pyridine rings is 1. The summed E-state index contributed by atoms with van der Waals surface area (Å²) in [5, 5.41) is 11.2. The molecule has 0 radical (unpaired) electrons. The average molecular weight is 360 g/mol. The second-order valence-corrected chi connectivity index (χ2v) is 7.50. The van der Waals surface area contributed by atoms with Crippen molar-refractivity contribution in [2.24, 2.45) is 5.41 Å². The van der Waals surface area contributed by atoms with Crippen LogP contribution in [0.4, 0.5) is 0 Å². The Bertz CT molecular complexity index is 1030. The third kappa shape index (κ3) is 2.50. The molecule has 1 fully saturated rings. The highest BCUT2D eigenvalue weighted by atomic mass is 16.5. The predicted octanol–water partition coefficient (Wildman–Crippen LogP) is 2.85. The van der Waals surface area contributed by atoms with Crippen LogP contribution < -0.4 is 4.74 Å². The van der Waals surface area contributed by atoms with Gasteiger partial charge in [-0.15, -0.1) is 0 Å². The minimum absolute atomic E-state index is 0.00490. The summed E-state index contributed by atoms with van der Waals surface area (Å²) in [6.07, 6.45) is 1.73. The summed E-state index contributed by atoms with van der Waals surface area (Å²) < 4.78 is 5.92. The normalized spacial score (nSPS) is 23.6. The fourth-order valence-corrected chi connectivity index (χ4v) is 4.41. The van der Waals surface area contributed by atoms with Crippen LogP contribution in [0, 0.1) is 5.41 Å². The summed E-state index contributed by atoms with van der Waals surface area (Å²) in [6.45, 7) is 1.49. The molecule has 0 spiro atoms. The van der Waals surface area contributed by atoms with E-state index in [9.17, 15) is 9.90 Å². The standard InChI is InChI=1S/C22H20N2O3/c25-13-22-12-24(11-18(22)17-5-1-2-6-20(17)27-14-22)21(26)16-8-7-15-4-3-9-23-19(15)10-16/h1-10,18,25H,11-14H2/t18-,22-/m0/s1. The molecule has 1 amide bonds. The molecular weight excluding hydrogens is 340 g/mol. The number of rotatable bonds is 2. The number of ether oxygens (including phenoxy) is 1. The van der Waals surface area contributed by atoms with Crippen LogP contribution in [0.15, 0.2) is 60.8 Å². The third-order valence-electron chi connectivity index (χ3n) is 5.91. The molecule has 0 aliphatic carbocycles. The zero-order chi connectivity index (χ0) is 18.4. The van der Waals surface area contributed by atoms with Crippen LogP contribution in [0.1, 0.15) is 21.8 Å². The first-order chi connectivity index (χ1) is 13.2. The van der Waals surface area contributed by atoms with Gasteiger partial charge in [0.1, 0.15) is 5.75 Å². The van der Waals surface area contributed by atoms with Crippen molar-refractivity contribution in [3.63, 3.8) is 0 Å². The number of hydrogen-bond acceptors (Lipinski definition) is 4. The number of aliphatic hydroxyl groups is 1. The van der Waals surface area contributed by atoms with Gasteiger partial charge in [0.15, 0.2) is 0 Å². The van der Waals surface area contributed by atoms with Crippen molar-refractivity contribution in [2.75, 3.05) is 26.3 Å². The van der Waals surface area contributed by atoms with Crippen molar-refractivity contribution in [3.8, 4) is 5.75 Å². The number of amides is 1. The Kier molecular flexibility index (Phi) is 3.65. The molecule has 2 aliphatic heterocycles. The van der Waals surface area contributed by atoms with Gasteiger partial charge >= 0.3 is 0 Å². The maximum absolute atomic E-state index is 13.2. The fraction of sp³-hybridized carbons (Fsp3) is 0.273. The van der Waals surface area contributed by atoms with E-state index in [4.69, 9.17) is 4.74 Å². The number of benzene rings is 2. The first kappa shape index (κ1) is 16.3. The fourth-order valence-electron chi connectivity index (χ4n) is 4.41. The molecule has 2 aromatic carbocycles. The summed E-state index contributed by atoms with van der Waals surface area (Å²) in [5.74, 6) is 0.910. The minimum atomic E-state index is -0.445. The van der Waals surface area contributed by atoms with Crippen LogP contribution in [0.5, 0.6) is 5.75 Å². The molecular formula is C22H20N2O3. The zero-order valence-electron chi connectivity index (χ0n) is 14.8. The molecule has 136 valence electrons. The second kappa shape index (κ2) is 6.06. The smallest absolute Gasteiger partial charge is 0.253 e. The lowest BCUT2D eigenvalue weighted by Crippen LogP contribution is -2.42. The number of hydrogen-bond donors (Lipinski definition) is 1. The van der Waals surface area contributed by atoms with E-state index in [2.05, 4.69) is 4.98 Å². The SMILES string of the molecule is O=C(c1ccc2cccnc2c1)N1C[C@H]2c3ccccc3OC[C@@]2(CO)C1. The van der Waals surface area contributed by atoms with Gasteiger partial charge in [0.05, 0.1) is 24.1 Å². The number of nitrogens with zero attached hydrogens (tertiary/aromatic N) is 2. The maximum atomic E-state index is 13.2. The second-order valence-electron chi connectivity index (χ2n) is 7.50. The number of aromatic nitrogens is 1. The van der Waals surface area contributed by atoms with Gasteiger partial charge in [0.2, 0.25) is 0 Å². The number of likely N-dealkylation sites (tertiary alicyclic amines) is 1. The molecule has 0 bridgehead atoms. The molecule has 0 saturated carbocycles. The Morgan fingerprint density at radius 3 is 3.00 bits per heavy atom. The molecule has 1 aromatic heterocycles. The van der Waals surface area contributed by atoms with Gasteiger partial charge in [-0.1, -0.05) is 30.3 Å². The molecule has 27 heavy (non-hydrogen) atoms. The highest BCUT2D eigenvalue weighted by molar-refractivity contribution is 5.98. The largest absolute Gasteiger partial charge is 0.493 e. The van der Waals surface area contributed by atoms with E-state index in [0.29, 0.717) is 25.3 Å². The van der Waals surface area contributed by atoms with Crippen molar-refractivity contribution < 1.29 is 14.6 Å². The Labute approximate surface area is 157 Å². The molecule has 3 aromatic rings. The Hall–Kier alpha value is -2.92. The average Bonchev–Trinajstić information content (AvgIpc) is 3.14. The maximum Gasteiger partial charge on any atom is 0.253 e. The summed E-state index contributed by atoms with van der Waals surface area (Å²) in [5.41, 5.74) is 2.07. The lowest BCUT2D eigenvalue weighted by molar-refractivity contribution is 0.0440. The van der Waals surface area contributed by atoms with Gasteiger partial charge in [0.25, 0.3) is 5.91 Å². The topological polar surface area (TPSA) is 62.7 Å². The van der Waals surface area contributed by atoms with Crippen LogP contribution in [0.25, 0.3) is 10.9 Å². The van der Waals surface area contributed by atoms with Crippen LogP contribution in [0.2, 0.25) is 0 Å². The molecule has 1 saturated heterocycles. The number of carbonyl (C=O) groups excluding carboxylic acids is 1. The van der Waals surface area contributed by atoms with E-state index in [-0.39, 0.29) is 18.4 Å². The molecule has 2 atom stereocenters. The lowest BCUT2D eigenvalue weighted by atomic mass is 9.74. The Morgan fingerprint density at radius 2 is 2.11 bits per heavy atom. The number of fused-ring (bicyclic) bond motifs is 4. The summed E-state index contributed by atoms with van der Waals surface area (Å²) in [6, 6.07) is 17.4. The van der Waals surface area contributed by atoms with E-state index in [1.165, 1.54) is 0 Å². The van der Waals surface area contributed by atoms with E-state index < -0.39 is 5.41 Å². The van der Waals surface area contributed by atoms with Crippen LogP contribution >= 0.6 is 0 Å². The van der Waals surface area contributed by atoms with Gasteiger partial charge in [0, 0.05) is 36.2 Å². The van der Waals surface area contributed by atoms with Gasteiger partial charge < -0.3 is 14.7 Å². The van der Waals surface area contributed by atoms with E-state index in [1.54, 1.807) is 6.20 Å². The quantitative estimate of drug-likeness (QED) is 0.763. The molecule has 3 heterocycles. The van der Waals surface area contributed by atoms with Gasteiger partial charge in [-0.05, 0) is 29.8 Å². The molecule has 2 aliphatic rings. The highest BCUT2D eigenvalue weighted by Crippen LogP contribution is 2.49. The monoisotopic (exact) mass is 360 g/mol. The van der Waals surface area contributed by atoms with Crippen LogP contribution in [-0.4, -0.2) is 47.2 Å². The lowest BCUT2D eigenvalue weighted by Gasteiger charge is -2.37. The molecule has 5 nitrogen and oxygen atoms in total. The molecule has 5 heteroatoms. The first-order valence-corrected chi connectivity index (χ1v) is 9.17. The van der Waals surface area contributed by atoms with Gasteiger partial charge in [-0.25, -0.2) is 0 Å². The van der Waals surface area contributed by atoms with E-state index in [0.717, 1.165) is 22.2 Å². The predicted molar refractivity (Wildman–Crippen MR) is 102 cm³/mol. The van der Waals surface area contributed by atoms with E-state index >= 15 is 0 Å². The van der Waals surface area contributed by atoms with Crippen molar-refractivity contribution in [3.05, 3.63) is 71.9 Å². The van der Waals surface area contributed by atoms with Crippen molar-refractivity contribution in [1.29, 1.82) is 0 Å². The summed E-state index contributed by atoms with van der Waals surface area (Å²) in [7, 11) is 0. The van der Waals surface area contributed by atoms with Crippen LogP contribution in [-0.2, 0) is 0 Å². The van der Waals surface area contributed by atoms with Crippen LogP contribution in [0.3, 0.4) is 0 Å². The Balaban J connectivity index is 1.49. The number of para-hydroxylation sites is 1. The summed E-state index contributed by atoms with van der Waals surface area (Å²) in [4.78, 5) is 19.4. The zero-order valence-corrected chi connectivity index (χ0v) is 14.8. The summed E-state index contributed by atoms with van der Waals surface area (Å²) >= 11 is 0. The first-order valence-electron chi connectivity index (χ1n) is 9.17. The third-order valence-corrected chi connectivity index (χ3v) is 5.91. The molecule has 5 rings (SSSR count). The van der Waals surface area contributed by atoms with Crippen molar-refractivity contribution in [1.82, 2.24) is 9.88 Å². The molecule has 0 unspecified atom stereocenters. The molecule has 1 N–H and O–H groups in total. The van der Waals surface area contributed by atoms with Gasteiger partial charge in [-0.2, -0.15) is 0 Å². The Morgan fingerprint density at radius 1 is 1.22 bits per heavy atom. The van der Waals surface area contributed by atoms with Crippen molar-refractivity contribution >= 4 is 16.8 Å². The van der Waals surface area contributed by atoms with E-state index in [1.807, 2.05) is 59.5 Å².